The zero-order valence-corrected chi connectivity index (χ0v) is 15.2. The van der Waals surface area contributed by atoms with Crippen molar-refractivity contribution in [3.8, 4) is 0 Å². The van der Waals surface area contributed by atoms with Crippen LogP contribution in [0.15, 0.2) is 36.7 Å². The van der Waals surface area contributed by atoms with E-state index in [9.17, 15) is 4.79 Å². The van der Waals surface area contributed by atoms with Crippen LogP contribution < -0.4 is 0 Å². The second kappa shape index (κ2) is 6.66. The van der Waals surface area contributed by atoms with E-state index in [1.807, 2.05) is 19.4 Å². The number of nitrogens with zero attached hydrogens (tertiary/aromatic N) is 3. The minimum Gasteiger partial charge on any atom is -0.342 e. The van der Waals surface area contributed by atoms with Gasteiger partial charge in [0.25, 0.3) is 0 Å². The van der Waals surface area contributed by atoms with Crippen LogP contribution in [-0.2, 0) is 18.3 Å². The number of piperidine rings is 1. The Morgan fingerprint density at radius 3 is 2.92 bits per heavy atom. The molecular formula is C21H27N3O. The Bertz CT molecular complexity index is 766. The quantitative estimate of drug-likeness (QED) is 0.858. The van der Waals surface area contributed by atoms with Gasteiger partial charge in [0.1, 0.15) is 5.82 Å². The van der Waals surface area contributed by atoms with Crippen molar-refractivity contribution >= 4 is 5.91 Å². The van der Waals surface area contributed by atoms with Crippen LogP contribution in [0.4, 0.5) is 0 Å². The predicted molar refractivity (Wildman–Crippen MR) is 98.2 cm³/mol. The van der Waals surface area contributed by atoms with Gasteiger partial charge in [-0.1, -0.05) is 24.3 Å². The number of likely N-dealkylation sites (tertiary alicyclic amines) is 1. The molecule has 1 saturated carbocycles. The highest BCUT2D eigenvalue weighted by Crippen LogP contribution is 2.49. The molecule has 2 aromatic rings. The Morgan fingerprint density at radius 1 is 1.32 bits per heavy atom. The Balaban J connectivity index is 1.38. The molecule has 2 heterocycles. The van der Waals surface area contributed by atoms with Crippen molar-refractivity contribution in [1.29, 1.82) is 0 Å². The third kappa shape index (κ3) is 3.35. The van der Waals surface area contributed by atoms with Crippen molar-refractivity contribution in [1.82, 2.24) is 14.5 Å². The Morgan fingerprint density at radius 2 is 2.16 bits per heavy atom. The number of aromatic nitrogens is 2. The van der Waals surface area contributed by atoms with Crippen LogP contribution in [0, 0.1) is 18.8 Å². The summed E-state index contributed by atoms with van der Waals surface area (Å²) in [6.07, 6.45) is 8.16. The minimum absolute atomic E-state index is 0.202. The Kier molecular flexibility index (Phi) is 4.36. The third-order valence-electron chi connectivity index (χ3n) is 5.92. The fraction of sp³-hybridized carbons (Fsp3) is 0.524. The zero-order chi connectivity index (χ0) is 17.4. The summed E-state index contributed by atoms with van der Waals surface area (Å²) in [6, 6.07) is 8.50. The van der Waals surface area contributed by atoms with E-state index < -0.39 is 0 Å². The van der Waals surface area contributed by atoms with Gasteiger partial charge in [-0.15, -0.1) is 0 Å². The van der Waals surface area contributed by atoms with Crippen LogP contribution in [0.3, 0.4) is 0 Å². The molecule has 0 bridgehead atoms. The van der Waals surface area contributed by atoms with Gasteiger partial charge in [0.2, 0.25) is 5.91 Å². The molecule has 0 spiro atoms. The molecule has 4 rings (SSSR count). The van der Waals surface area contributed by atoms with Gasteiger partial charge in [0.15, 0.2) is 0 Å². The van der Waals surface area contributed by atoms with Crippen LogP contribution in [0.2, 0.25) is 0 Å². The van der Waals surface area contributed by atoms with Gasteiger partial charge in [-0.05, 0) is 49.1 Å². The number of amides is 1. The normalized spacial score (nSPS) is 25.8. The lowest BCUT2D eigenvalue weighted by atomic mass is 9.94. The molecule has 1 aromatic heterocycles. The fourth-order valence-corrected chi connectivity index (χ4v) is 4.33. The molecular weight excluding hydrogens is 310 g/mol. The van der Waals surface area contributed by atoms with Crippen molar-refractivity contribution in [2.24, 2.45) is 18.9 Å². The topological polar surface area (TPSA) is 38.1 Å². The maximum atomic E-state index is 13.0. The van der Waals surface area contributed by atoms with Crippen molar-refractivity contribution in [3.05, 3.63) is 53.6 Å². The summed E-state index contributed by atoms with van der Waals surface area (Å²) in [5.74, 6) is 2.67. The summed E-state index contributed by atoms with van der Waals surface area (Å²) in [5.41, 5.74) is 2.68. The number of hydrogen-bond donors (Lipinski definition) is 0. The maximum Gasteiger partial charge on any atom is 0.226 e. The van der Waals surface area contributed by atoms with E-state index >= 15 is 0 Å². The number of carbonyl (C=O) groups is 1. The predicted octanol–water partition coefficient (Wildman–Crippen LogP) is 3.31. The van der Waals surface area contributed by atoms with Crippen LogP contribution in [0.25, 0.3) is 0 Å². The van der Waals surface area contributed by atoms with Gasteiger partial charge in [-0.2, -0.15) is 0 Å². The molecule has 3 atom stereocenters. The molecule has 1 amide bonds. The molecule has 1 saturated heterocycles. The number of rotatable bonds is 4. The van der Waals surface area contributed by atoms with Crippen LogP contribution in [-0.4, -0.2) is 33.4 Å². The molecule has 132 valence electrons. The van der Waals surface area contributed by atoms with Gasteiger partial charge in [0, 0.05) is 44.9 Å². The van der Waals surface area contributed by atoms with Crippen molar-refractivity contribution in [2.45, 2.75) is 38.5 Å². The number of carbonyl (C=O) groups excluding carboxylic acids is 1. The van der Waals surface area contributed by atoms with Gasteiger partial charge in [0.05, 0.1) is 0 Å². The molecule has 4 nitrogen and oxygen atoms in total. The zero-order valence-electron chi connectivity index (χ0n) is 15.2. The summed E-state index contributed by atoms with van der Waals surface area (Å²) >= 11 is 0. The molecule has 4 heteroatoms. The van der Waals surface area contributed by atoms with Gasteiger partial charge < -0.3 is 9.47 Å². The number of benzene rings is 1. The first-order chi connectivity index (χ1) is 12.1. The monoisotopic (exact) mass is 337 g/mol. The van der Waals surface area contributed by atoms with Crippen molar-refractivity contribution in [2.75, 3.05) is 13.1 Å². The molecule has 1 aliphatic carbocycles. The van der Waals surface area contributed by atoms with E-state index in [2.05, 4.69) is 45.6 Å². The van der Waals surface area contributed by atoms with Gasteiger partial charge in [-0.25, -0.2) is 4.98 Å². The summed E-state index contributed by atoms with van der Waals surface area (Å²) < 4.78 is 2.09. The first kappa shape index (κ1) is 16.4. The first-order valence-corrected chi connectivity index (χ1v) is 9.44. The largest absolute Gasteiger partial charge is 0.342 e. The molecule has 2 aliphatic rings. The maximum absolute atomic E-state index is 13.0. The summed E-state index contributed by atoms with van der Waals surface area (Å²) in [4.78, 5) is 19.5. The van der Waals surface area contributed by atoms with Crippen LogP contribution in [0.5, 0.6) is 0 Å². The average molecular weight is 337 g/mol. The molecule has 1 aliphatic heterocycles. The molecule has 25 heavy (non-hydrogen) atoms. The Labute approximate surface area is 149 Å². The lowest BCUT2D eigenvalue weighted by Crippen LogP contribution is -2.41. The molecule has 1 aromatic carbocycles. The smallest absolute Gasteiger partial charge is 0.226 e. The average Bonchev–Trinajstić information content (AvgIpc) is 3.32. The number of aryl methyl sites for hydroxylation is 2. The van der Waals surface area contributed by atoms with E-state index in [1.54, 1.807) is 0 Å². The van der Waals surface area contributed by atoms with Crippen LogP contribution >= 0.6 is 0 Å². The highest BCUT2D eigenvalue weighted by Gasteiger charge is 2.46. The standard InChI is InChI=1S/C21H27N3O/c1-15-6-3-4-8-17(15)18-13-19(18)21(25)24-10-5-7-16(14-24)12-20-22-9-11-23(20)2/h3-4,6,8-9,11,16,18-19H,5,7,10,12-14H2,1-2H3/t16-,18-,19+/m0/s1. The molecule has 0 radical (unpaired) electrons. The highest BCUT2D eigenvalue weighted by molar-refractivity contribution is 5.83. The van der Waals surface area contributed by atoms with Crippen molar-refractivity contribution in [3.63, 3.8) is 0 Å². The molecule has 2 fully saturated rings. The fourth-order valence-electron chi connectivity index (χ4n) is 4.33. The van der Waals surface area contributed by atoms with Gasteiger partial charge >= 0.3 is 0 Å². The summed E-state index contributed by atoms with van der Waals surface area (Å²) in [5, 5.41) is 0. The van der Waals surface area contributed by atoms with E-state index in [0.717, 1.165) is 38.2 Å². The lowest BCUT2D eigenvalue weighted by Gasteiger charge is -2.33. The molecule has 0 N–H and O–H groups in total. The van der Waals surface area contributed by atoms with E-state index in [1.165, 1.54) is 17.5 Å². The second-order valence-corrected chi connectivity index (χ2v) is 7.76. The van der Waals surface area contributed by atoms with Crippen molar-refractivity contribution < 1.29 is 4.79 Å². The third-order valence-corrected chi connectivity index (χ3v) is 5.92. The summed E-state index contributed by atoms with van der Waals surface area (Å²) in [6.45, 7) is 3.97. The van der Waals surface area contributed by atoms with E-state index in [0.29, 0.717) is 17.7 Å². The Hall–Kier alpha value is -2.10. The van der Waals surface area contributed by atoms with Crippen LogP contribution in [0.1, 0.15) is 42.1 Å². The molecule has 0 unspecified atom stereocenters. The van der Waals surface area contributed by atoms with Gasteiger partial charge in [-0.3, -0.25) is 4.79 Å². The van der Waals surface area contributed by atoms with E-state index in [-0.39, 0.29) is 5.92 Å². The summed E-state index contributed by atoms with van der Waals surface area (Å²) in [7, 11) is 2.05. The lowest BCUT2D eigenvalue weighted by molar-refractivity contribution is -0.134. The highest BCUT2D eigenvalue weighted by atomic mass is 16.2. The SMILES string of the molecule is Cc1ccccc1[C@@H]1C[C@H]1C(=O)N1CCC[C@@H](Cc2nccn2C)C1. The number of hydrogen-bond acceptors (Lipinski definition) is 2. The first-order valence-electron chi connectivity index (χ1n) is 9.44. The number of imidazole rings is 1. The van der Waals surface area contributed by atoms with E-state index in [4.69, 9.17) is 0 Å². The second-order valence-electron chi connectivity index (χ2n) is 7.76. The minimum atomic E-state index is 0.202.